The summed E-state index contributed by atoms with van der Waals surface area (Å²) in [4.78, 5) is 12.0. The van der Waals surface area contributed by atoms with Gasteiger partial charge in [0.05, 0.1) is 13.2 Å². The van der Waals surface area contributed by atoms with Crippen LogP contribution in [0.5, 0.6) is 5.75 Å². The number of hydrogen-bond donors (Lipinski definition) is 2. The van der Waals surface area contributed by atoms with Gasteiger partial charge >= 0.3 is 0 Å². The molecule has 0 aromatic heterocycles. The maximum atomic E-state index is 12.0. The first-order valence-electron chi connectivity index (χ1n) is 8.70. The maximum Gasteiger partial charge on any atom is 0.243 e. The summed E-state index contributed by atoms with van der Waals surface area (Å²) in [7, 11) is 0. The number of rotatable bonds is 10. The Morgan fingerprint density at radius 2 is 1.80 bits per heavy atom. The van der Waals surface area contributed by atoms with Crippen molar-refractivity contribution in [3.63, 3.8) is 0 Å². The predicted octanol–water partition coefficient (Wildman–Crippen LogP) is 5.46. The molecule has 0 fully saturated rings. The van der Waals surface area contributed by atoms with Crippen molar-refractivity contribution in [1.82, 2.24) is 0 Å². The second-order valence-electron chi connectivity index (χ2n) is 5.82. The normalized spacial score (nSPS) is 10.3. The second-order valence-corrected chi connectivity index (χ2v) is 6.67. The first-order chi connectivity index (χ1) is 12.2. The van der Waals surface area contributed by atoms with Gasteiger partial charge in [0.2, 0.25) is 5.91 Å². The summed E-state index contributed by atoms with van der Waals surface area (Å²) in [5, 5.41) is 5.98. The van der Waals surface area contributed by atoms with Crippen molar-refractivity contribution < 1.29 is 9.53 Å². The van der Waals surface area contributed by atoms with Crippen LogP contribution in [0, 0.1) is 0 Å². The first kappa shape index (κ1) is 19.3. The lowest BCUT2D eigenvalue weighted by atomic mass is 10.2. The van der Waals surface area contributed by atoms with Gasteiger partial charge in [-0.1, -0.05) is 38.3 Å². The average molecular weight is 405 g/mol. The molecule has 0 radical (unpaired) electrons. The van der Waals surface area contributed by atoms with Gasteiger partial charge in [0.15, 0.2) is 0 Å². The van der Waals surface area contributed by atoms with E-state index in [4.69, 9.17) is 4.74 Å². The number of amides is 1. The van der Waals surface area contributed by atoms with Crippen LogP contribution in [0.25, 0.3) is 0 Å². The second kappa shape index (κ2) is 10.8. The molecule has 0 heterocycles. The fourth-order valence-electron chi connectivity index (χ4n) is 2.34. The fourth-order valence-corrected chi connectivity index (χ4v) is 2.76. The van der Waals surface area contributed by atoms with E-state index in [1.165, 1.54) is 19.3 Å². The van der Waals surface area contributed by atoms with E-state index in [0.717, 1.165) is 34.6 Å². The van der Waals surface area contributed by atoms with E-state index in [-0.39, 0.29) is 12.5 Å². The molecule has 0 bridgehead atoms. The van der Waals surface area contributed by atoms with E-state index in [9.17, 15) is 4.79 Å². The molecule has 25 heavy (non-hydrogen) atoms. The number of carbonyl (C=O) groups is 1. The fraction of sp³-hybridized carbons (Fsp3) is 0.350. The molecule has 2 rings (SSSR count). The van der Waals surface area contributed by atoms with Gasteiger partial charge in [0.25, 0.3) is 0 Å². The lowest BCUT2D eigenvalue weighted by Crippen LogP contribution is -2.21. The lowest BCUT2D eigenvalue weighted by molar-refractivity contribution is -0.114. The SMILES string of the molecule is CCCCCCOc1ccc(NC(=O)CNc2ccccc2Br)cc1. The van der Waals surface area contributed by atoms with E-state index >= 15 is 0 Å². The Morgan fingerprint density at radius 1 is 1.04 bits per heavy atom. The summed E-state index contributed by atoms with van der Waals surface area (Å²) in [5.74, 6) is 0.741. The largest absolute Gasteiger partial charge is 0.494 e. The lowest BCUT2D eigenvalue weighted by Gasteiger charge is -2.10. The van der Waals surface area contributed by atoms with E-state index in [0.29, 0.717) is 0 Å². The molecule has 0 spiro atoms. The third-order valence-corrected chi connectivity index (χ3v) is 4.41. The number of halogens is 1. The quantitative estimate of drug-likeness (QED) is 0.516. The van der Waals surface area contributed by atoms with Crippen LogP contribution in [0.1, 0.15) is 32.6 Å². The molecule has 2 aromatic carbocycles. The van der Waals surface area contributed by atoms with E-state index in [1.54, 1.807) is 0 Å². The number of hydrogen-bond acceptors (Lipinski definition) is 3. The zero-order chi connectivity index (χ0) is 17.9. The molecule has 1 amide bonds. The summed E-state index contributed by atoms with van der Waals surface area (Å²) in [6.45, 7) is 3.14. The Morgan fingerprint density at radius 3 is 2.52 bits per heavy atom. The van der Waals surface area contributed by atoms with Gasteiger partial charge in [0, 0.05) is 15.8 Å². The van der Waals surface area contributed by atoms with Crippen molar-refractivity contribution >= 4 is 33.2 Å². The van der Waals surface area contributed by atoms with Crippen LogP contribution >= 0.6 is 15.9 Å². The highest BCUT2D eigenvalue weighted by Gasteiger charge is 2.04. The minimum Gasteiger partial charge on any atom is -0.494 e. The molecule has 0 saturated heterocycles. The highest BCUT2D eigenvalue weighted by atomic mass is 79.9. The number of ether oxygens (including phenoxy) is 1. The van der Waals surface area contributed by atoms with Crippen LogP contribution in [-0.4, -0.2) is 19.1 Å². The average Bonchev–Trinajstić information content (AvgIpc) is 2.62. The van der Waals surface area contributed by atoms with Crippen LogP contribution in [0.4, 0.5) is 11.4 Å². The molecule has 134 valence electrons. The van der Waals surface area contributed by atoms with Crippen molar-refractivity contribution in [2.45, 2.75) is 32.6 Å². The van der Waals surface area contributed by atoms with Crippen LogP contribution in [0.15, 0.2) is 53.0 Å². The van der Waals surface area contributed by atoms with Crippen LogP contribution in [-0.2, 0) is 4.79 Å². The molecule has 0 unspecified atom stereocenters. The van der Waals surface area contributed by atoms with Gasteiger partial charge in [-0.2, -0.15) is 0 Å². The van der Waals surface area contributed by atoms with Crippen molar-refractivity contribution in [2.75, 3.05) is 23.8 Å². The van der Waals surface area contributed by atoms with Gasteiger partial charge in [0.1, 0.15) is 5.75 Å². The molecule has 0 aliphatic rings. The third-order valence-electron chi connectivity index (χ3n) is 3.72. The van der Waals surface area contributed by atoms with Crippen molar-refractivity contribution in [2.24, 2.45) is 0 Å². The number of anilines is 2. The first-order valence-corrected chi connectivity index (χ1v) is 9.49. The van der Waals surface area contributed by atoms with E-state index in [1.807, 2.05) is 48.5 Å². The molecule has 5 heteroatoms. The standard InChI is InChI=1S/C20H25BrN2O2/c1-2-3-4-7-14-25-17-12-10-16(11-13-17)23-20(24)15-22-19-9-6-5-8-18(19)21/h5-6,8-13,22H,2-4,7,14-15H2,1H3,(H,23,24). The molecule has 0 saturated carbocycles. The van der Waals surface area contributed by atoms with Gasteiger partial charge in [-0.25, -0.2) is 0 Å². The van der Waals surface area contributed by atoms with Crippen molar-refractivity contribution in [3.8, 4) is 5.75 Å². The van der Waals surface area contributed by atoms with E-state index < -0.39 is 0 Å². The molecule has 4 nitrogen and oxygen atoms in total. The van der Waals surface area contributed by atoms with E-state index in [2.05, 4.69) is 33.5 Å². The Balaban J connectivity index is 1.73. The van der Waals surface area contributed by atoms with Crippen LogP contribution in [0.3, 0.4) is 0 Å². The molecular formula is C20H25BrN2O2. The van der Waals surface area contributed by atoms with Gasteiger partial charge in [-0.05, 0) is 58.7 Å². The summed E-state index contributed by atoms with van der Waals surface area (Å²) in [6, 6.07) is 15.2. The maximum absolute atomic E-state index is 12.0. The summed E-state index contributed by atoms with van der Waals surface area (Å²) in [6.07, 6.45) is 4.76. The van der Waals surface area contributed by atoms with Gasteiger partial charge < -0.3 is 15.4 Å². The Labute approximate surface area is 158 Å². The zero-order valence-electron chi connectivity index (χ0n) is 14.6. The smallest absolute Gasteiger partial charge is 0.243 e. The summed E-state index contributed by atoms with van der Waals surface area (Å²) in [5.41, 5.74) is 1.65. The van der Waals surface area contributed by atoms with Crippen molar-refractivity contribution in [1.29, 1.82) is 0 Å². The van der Waals surface area contributed by atoms with Crippen molar-refractivity contribution in [3.05, 3.63) is 53.0 Å². The summed E-state index contributed by atoms with van der Waals surface area (Å²) < 4.78 is 6.63. The third kappa shape index (κ3) is 7.18. The number of nitrogens with one attached hydrogen (secondary N) is 2. The highest BCUT2D eigenvalue weighted by Crippen LogP contribution is 2.21. The molecule has 0 atom stereocenters. The Hall–Kier alpha value is -2.01. The molecular weight excluding hydrogens is 380 g/mol. The Kier molecular flexibility index (Phi) is 8.32. The number of unbranched alkanes of at least 4 members (excludes halogenated alkanes) is 3. The van der Waals surface area contributed by atoms with Gasteiger partial charge in [-0.3, -0.25) is 4.79 Å². The van der Waals surface area contributed by atoms with Gasteiger partial charge in [-0.15, -0.1) is 0 Å². The monoisotopic (exact) mass is 404 g/mol. The minimum atomic E-state index is -0.0935. The Bertz CT molecular complexity index is 659. The van der Waals surface area contributed by atoms with Crippen LogP contribution < -0.4 is 15.4 Å². The molecule has 2 N–H and O–H groups in total. The minimum absolute atomic E-state index is 0.0935. The molecule has 2 aromatic rings. The summed E-state index contributed by atoms with van der Waals surface area (Å²) >= 11 is 3.45. The van der Waals surface area contributed by atoms with Crippen LogP contribution in [0.2, 0.25) is 0 Å². The highest BCUT2D eigenvalue weighted by molar-refractivity contribution is 9.10. The topological polar surface area (TPSA) is 50.4 Å². The molecule has 0 aliphatic heterocycles. The predicted molar refractivity (Wildman–Crippen MR) is 107 cm³/mol. The number of para-hydroxylation sites is 1. The molecule has 0 aliphatic carbocycles. The number of benzene rings is 2. The zero-order valence-corrected chi connectivity index (χ0v) is 16.1. The number of carbonyl (C=O) groups excluding carboxylic acids is 1.